The minimum atomic E-state index is -1.16. The molecule has 0 aromatic heterocycles. The van der Waals surface area contributed by atoms with Gasteiger partial charge in [-0.3, -0.25) is 14.4 Å². The number of carbonyl (C=O) groups excluding carboxylic acids is 3. The predicted molar refractivity (Wildman–Crippen MR) is 150 cm³/mol. The zero-order valence-electron chi connectivity index (χ0n) is 22.0. The van der Waals surface area contributed by atoms with Crippen molar-refractivity contribution in [3.63, 3.8) is 0 Å². The predicted octanol–water partition coefficient (Wildman–Crippen LogP) is 4.02. The Morgan fingerprint density at radius 3 is 2.36 bits per heavy atom. The molecule has 4 aliphatic heterocycles. The third kappa shape index (κ3) is 5.09. The van der Waals surface area contributed by atoms with Crippen LogP contribution in [0.15, 0.2) is 30.4 Å². The smallest absolute Gasteiger partial charge is 0.246 e. The van der Waals surface area contributed by atoms with Crippen molar-refractivity contribution in [2.75, 3.05) is 31.5 Å². The number of rotatable bonds is 7. The highest BCUT2D eigenvalue weighted by atomic mass is 35.5. The van der Waals surface area contributed by atoms with Crippen LogP contribution in [0.2, 0.25) is 10.0 Å². The Morgan fingerprint density at radius 2 is 1.64 bits per heavy atom. The van der Waals surface area contributed by atoms with Crippen molar-refractivity contribution >= 4 is 46.6 Å². The molecular formula is C29H36Cl2N4O4. The molecule has 3 saturated heterocycles. The Morgan fingerprint density at radius 1 is 0.949 bits per heavy atom. The molecule has 5 aliphatic rings. The summed E-state index contributed by atoms with van der Waals surface area (Å²) in [7, 11) is 0. The molecule has 0 radical (unpaired) electrons. The first-order valence-corrected chi connectivity index (χ1v) is 15.1. The van der Waals surface area contributed by atoms with E-state index in [0.29, 0.717) is 28.8 Å². The maximum Gasteiger partial charge on any atom is 0.246 e. The van der Waals surface area contributed by atoms with Gasteiger partial charge in [0.1, 0.15) is 11.6 Å². The number of fused-ring (bicyclic) bond motifs is 1. The van der Waals surface area contributed by atoms with E-state index in [0.717, 1.165) is 51.6 Å². The van der Waals surface area contributed by atoms with E-state index in [2.05, 4.69) is 15.5 Å². The number of halogens is 2. The van der Waals surface area contributed by atoms with Crippen LogP contribution in [0.4, 0.5) is 5.69 Å². The molecule has 210 valence electrons. The van der Waals surface area contributed by atoms with E-state index in [1.807, 2.05) is 12.2 Å². The van der Waals surface area contributed by atoms with Crippen LogP contribution >= 0.6 is 23.2 Å². The van der Waals surface area contributed by atoms with Gasteiger partial charge in [-0.1, -0.05) is 61.0 Å². The standard InChI is InChI=1S/C29H36Cl2N4O4/c30-18-15-19(31)17-21(16-18)33-26(36)23-22-9-10-29(39-22)24(23)28(38)35(14-13-34-11-5-2-6-12-34)25(29)27(37)32-20-7-3-1-4-8-20/h9-10,15-17,20,22-25H,1-8,11-14H2,(H,32,37)(H,33,36)/t22-,23-,24-,25-,29-/m0/s1. The van der Waals surface area contributed by atoms with Gasteiger partial charge in [0.2, 0.25) is 17.7 Å². The fraction of sp³-hybridized carbons (Fsp3) is 0.621. The van der Waals surface area contributed by atoms with Gasteiger partial charge in [0.25, 0.3) is 0 Å². The topological polar surface area (TPSA) is 91.0 Å². The van der Waals surface area contributed by atoms with Crippen molar-refractivity contribution < 1.29 is 19.1 Å². The molecule has 4 heterocycles. The highest BCUT2D eigenvalue weighted by molar-refractivity contribution is 6.35. The highest BCUT2D eigenvalue weighted by Gasteiger charge is 2.72. The second-order valence-electron chi connectivity index (χ2n) is 11.6. The lowest BCUT2D eigenvalue weighted by molar-refractivity contribution is -0.141. The van der Waals surface area contributed by atoms with Crippen LogP contribution < -0.4 is 10.6 Å². The Labute approximate surface area is 239 Å². The molecule has 1 spiro atoms. The number of likely N-dealkylation sites (tertiary alicyclic amines) is 2. The van der Waals surface area contributed by atoms with Crippen molar-refractivity contribution in [1.82, 2.24) is 15.1 Å². The van der Waals surface area contributed by atoms with Gasteiger partial charge < -0.3 is 25.2 Å². The van der Waals surface area contributed by atoms with Crippen molar-refractivity contribution in [3.8, 4) is 0 Å². The van der Waals surface area contributed by atoms with Gasteiger partial charge >= 0.3 is 0 Å². The Bertz CT molecular complexity index is 1150. The molecule has 3 amide bonds. The first kappa shape index (κ1) is 27.1. The Kier molecular flexibility index (Phi) is 7.66. The van der Waals surface area contributed by atoms with E-state index >= 15 is 0 Å². The van der Waals surface area contributed by atoms with E-state index in [9.17, 15) is 14.4 Å². The molecule has 1 aromatic carbocycles. The van der Waals surface area contributed by atoms with Gasteiger partial charge in [0, 0.05) is 34.9 Å². The number of nitrogens with zero attached hydrogens (tertiary/aromatic N) is 2. The maximum absolute atomic E-state index is 14.1. The molecule has 1 saturated carbocycles. The molecule has 2 N–H and O–H groups in total. The summed E-state index contributed by atoms with van der Waals surface area (Å²) >= 11 is 12.3. The number of hydrogen-bond donors (Lipinski definition) is 2. The van der Waals surface area contributed by atoms with E-state index < -0.39 is 29.6 Å². The summed E-state index contributed by atoms with van der Waals surface area (Å²) in [6, 6.07) is 4.13. The lowest BCUT2D eigenvalue weighted by Crippen LogP contribution is -2.57. The van der Waals surface area contributed by atoms with Crippen molar-refractivity contribution in [1.29, 1.82) is 0 Å². The van der Waals surface area contributed by atoms with Gasteiger partial charge in [0.15, 0.2) is 0 Å². The molecule has 1 aliphatic carbocycles. The van der Waals surface area contributed by atoms with Crippen molar-refractivity contribution in [3.05, 3.63) is 40.4 Å². The number of anilines is 1. The summed E-state index contributed by atoms with van der Waals surface area (Å²) in [5.74, 6) is -2.24. The number of carbonyl (C=O) groups is 3. The second kappa shape index (κ2) is 11.0. The molecule has 8 nitrogen and oxygen atoms in total. The average molecular weight is 576 g/mol. The second-order valence-corrected chi connectivity index (χ2v) is 12.5. The fourth-order valence-corrected chi connectivity index (χ4v) is 7.84. The van der Waals surface area contributed by atoms with Gasteiger partial charge in [0.05, 0.1) is 17.9 Å². The third-order valence-corrected chi connectivity index (χ3v) is 9.55. The zero-order valence-corrected chi connectivity index (χ0v) is 23.6. The number of hydrogen-bond acceptors (Lipinski definition) is 5. The van der Waals surface area contributed by atoms with Gasteiger partial charge in [-0.2, -0.15) is 0 Å². The summed E-state index contributed by atoms with van der Waals surface area (Å²) in [6.45, 7) is 3.13. The summed E-state index contributed by atoms with van der Waals surface area (Å²) in [4.78, 5) is 45.7. The highest BCUT2D eigenvalue weighted by Crippen LogP contribution is 2.55. The van der Waals surface area contributed by atoms with E-state index in [-0.39, 0.29) is 23.8 Å². The summed E-state index contributed by atoms with van der Waals surface area (Å²) < 4.78 is 6.46. The SMILES string of the molecule is O=C(Nc1cc(Cl)cc(Cl)c1)[C@H]1[C@@H]2C=C[C@]3(O2)[C@@H]1C(=O)N(CCN1CCCCC1)[C@H]3C(=O)NC1CCCCC1. The van der Waals surface area contributed by atoms with Gasteiger partial charge in [-0.25, -0.2) is 0 Å². The number of nitrogens with one attached hydrogen (secondary N) is 2. The number of piperidine rings is 1. The molecular weight excluding hydrogens is 539 g/mol. The van der Waals surface area contributed by atoms with Crippen LogP contribution in [0.1, 0.15) is 51.4 Å². The Hall–Kier alpha value is -2.13. The fourth-order valence-electron chi connectivity index (χ4n) is 7.32. The van der Waals surface area contributed by atoms with Crippen molar-refractivity contribution in [2.45, 2.75) is 75.2 Å². The number of ether oxygens (including phenoxy) is 1. The van der Waals surface area contributed by atoms with Crippen LogP contribution in [0.5, 0.6) is 0 Å². The molecule has 6 rings (SSSR count). The molecule has 2 bridgehead atoms. The third-order valence-electron chi connectivity index (χ3n) is 9.11. The van der Waals surface area contributed by atoms with Crippen LogP contribution in [-0.2, 0) is 19.1 Å². The van der Waals surface area contributed by atoms with Crippen LogP contribution in [0.25, 0.3) is 0 Å². The van der Waals surface area contributed by atoms with E-state index in [1.165, 1.54) is 12.8 Å². The molecule has 1 aromatic rings. The summed E-state index contributed by atoms with van der Waals surface area (Å²) in [6.07, 6.45) is 11.9. The van der Waals surface area contributed by atoms with Crippen LogP contribution in [0.3, 0.4) is 0 Å². The van der Waals surface area contributed by atoms with Crippen LogP contribution in [0, 0.1) is 11.8 Å². The van der Waals surface area contributed by atoms with Crippen molar-refractivity contribution in [2.24, 2.45) is 11.8 Å². The van der Waals surface area contributed by atoms with E-state index in [1.54, 1.807) is 23.1 Å². The monoisotopic (exact) mass is 574 g/mol. The Balaban J connectivity index is 1.27. The van der Waals surface area contributed by atoms with E-state index in [4.69, 9.17) is 27.9 Å². The molecule has 5 atom stereocenters. The molecule has 0 unspecified atom stereocenters. The van der Waals surface area contributed by atoms with Gasteiger partial charge in [-0.15, -0.1) is 0 Å². The summed E-state index contributed by atoms with van der Waals surface area (Å²) in [5.41, 5.74) is -0.701. The maximum atomic E-state index is 14.1. The first-order valence-electron chi connectivity index (χ1n) is 14.3. The molecule has 4 fully saturated rings. The average Bonchev–Trinajstić information content (AvgIpc) is 3.55. The number of benzene rings is 1. The lowest BCUT2D eigenvalue weighted by atomic mass is 9.74. The zero-order chi connectivity index (χ0) is 27.1. The summed E-state index contributed by atoms with van der Waals surface area (Å²) in [5, 5.41) is 6.94. The first-order chi connectivity index (χ1) is 18.9. The molecule has 10 heteroatoms. The largest absolute Gasteiger partial charge is 0.359 e. The normalized spacial score (nSPS) is 32.5. The minimum absolute atomic E-state index is 0.106. The van der Waals surface area contributed by atoms with Crippen LogP contribution in [-0.4, -0.2) is 77.5 Å². The lowest BCUT2D eigenvalue weighted by Gasteiger charge is -2.35. The minimum Gasteiger partial charge on any atom is -0.359 e. The molecule has 39 heavy (non-hydrogen) atoms. The number of amides is 3. The van der Waals surface area contributed by atoms with Gasteiger partial charge in [-0.05, 0) is 57.0 Å². The quantitative estimate of drug-likeness (QED) is 0.480.